The average Bonchev–Trinajstić information content (AvgIpc) is 2.51. The maximum atomic E-state index is 7.09. The highest BCUT2D eigenvalue weighted by Crippen LogP contribution is 2.64. The largest absolute Gasteiger partial charge is 0.325 e. The van der Waals surface area contributed by atoms with E-state index in [9.17, 15) is 0 Å². The molecule has 1 aliphatic heterocycles. The second kappa shape index (κ2) is 4.21. The summed E-state index contributed by atoms with van der Waals surface area (Å²) < 4.78 is 0. The molecule has 0 aromatic carbocycles. The highest BCUT2D eigenvalue weighted by atomic mass is 15.1. The molecule has 4 aliphatic carbocycles. The van der Waals surface area contributed by atoms with E-state index in [4.69, 9.17) is 5.73 Å². The van der Waals surface area contributed by atoms with Crippen LogP contribution in [-0.4, -0.2) is 30.6 Å². The van der Waals surface area contributed by atoms with E-state index >= 15 is 0 Å². The van der Waals surface area contributed by atoms with Crippen LogP contribution in [0.1, 0.15) is 57.8 Å². The van der Waals surface area contributed by atoms with Gasteiger partial charge in [0, 0.05) is 5.54 Å². The Labute approximate surface area is 118 Å². The van der Waals surface area contributed by atoms with Crippen LogP contribution in [0.25, 0.3) is 0 Å². The molecule has 5 fully saturated rings. The predicted molar refractivity (Wildman–Crippen MR) is 78.9 cm³/mol. The highest BCUT2D eigenvalue weighted by molar-refractivity contribution is 5.12. The predicted octanol–water partition coefficient (Wildman–Crippen LogP) is 3.02. The maximum Gasteiger partial charge on any atom is 0.0224 e. The molecule has 5 rings (SSSR count). The van der Waals surface area contributed by atoms with Gasteiger partial charge in [-0.25, -0.2) is 0 Å². The first kappa shape index (κ1) is 12.6. The smallest absolute Gasteiger partial charge is 0.0224 e. The monoisotopic (exact) mass is 262 g/mol. The topological polar surface area (TPSA) is 29.3 Å². The zero-order chi connectivity index (χ0) is 13.1. The fraction of sp³-hybridized carbons (Fsp3) is 1.00. The van der Waals surface area contributed by atoms with Gasteiger partial charge in [-0.15, -0.1) is 0 Å². The van der Waals surface area contributed by atoms with Gasteiger partial charge in [-0.2, -0.15) is 0 Å². The van der Waals surface area contributed by atoms with E-state index in [-0.39, 0.29) is 5.54 Å². The zero-order valence-corrected chi connectivity index (χ0v) is 12.5. The average molecular weight is 262 g/mol. The number of rotatable bonds is 1. The summed E-state index contributed by atoms with van der Waals surface area (Å²) >= 11 is 0. The Balaban J connectivity index is 1.63. The van der Waals surface area contributed by atoms with E-state index < -0.39 is 0 Å². The van der Waals surface area contributed by atoms with Gasteiger partial charge in [0.15, 0.2) is 0 Å². The molecule has 19 heavy (non-hydrogen) atoms. The third kappa shape index (κ3) is 1.90. The Bertz CT molecular complexity index is 329. The highest BCUT2D eigenvalue weighted by Gasteiger charge is 2.58. The Morgan fingerprint density at radius 3 is 2.05 bits per heavy atom. The van der Waals surface area contributed by atoms with Gasteiger partial charge in [0.1, 0.15) is 0 Å². The third-order valence-corrected chi connectivity index (χ3v) is 7.20. The van der Waals surface area contributed by atoms with Crippen molar-refractivity contribution in [2.45, 2.75) is 63.3 Å². The SMILES string of the molecule is CN1CCCC(N)(C23CC4CC(CC(C4)C2)C3)CC1. The number of likely N-dealkylation sites (tertiary alicyclic amines) is 1. The summed E-state index contributed by atoms with van der Waals surface area (Å²) in [6.07, 6.45) is 12.9. The van der Waals surface area contributed by atoms with Crippen molar-refractivity contribution in [3.63, 3.8) is 0 Å². The first-order valence-corrected chi connectivity index (χ1v) is 8.56. The molecule has 5 aliphatic rings. The maximum absolute atomic E-state index is 7.09. The molecule has 0 spiro atoms. The van der Waals surface area contributed by atoms with Crippen molar-refractivity contribution in [1.82, 2.24) is 4.90 Å². The molecule has 0 aromatic heterocycles. The molecule has 0 radical (unpaired) electrons. The first-order valence-electron chi connectivity index (χ1n) is 8.56. The van der Waals surface area contributed by atoms with E-state index in [0.717, 1.165) is 17.8 Å². The minimum Gasteiger partial charge on any atom is -0.325 e. The Morgan fingerprint density at radius 2 is 1.47 bits per heavy atom. The minimum absolute atomic E-state index is 0.160. The van der Waals surface area contributed by atoms with Gasteiger partial charge in [-0.05, 0) is 101 Å². The van der Waals surface area contributed by atoms with Gasteiger partial charge in [0.25, 0.3) is 0 Å². The lowest BCUT2D eigenvalue weighted by atomic mass is 9.44. The van der Waals surface area contributed by atoms with Gasteiger partial charge in [-0.1, -0.05) is 0 Å². The van der Waals surface area contributed by atoms with Crippen LogP contribution in [0.3, 0.4) is 0 Å². The fourth-order valence-corrected chi connectivity index (χ4v) is 6.54. The van der Waals surface area contributed by atoms with Crippen LogP contribution in [-0.2, 0) is 0 Å². The summed E-state index contributed by atoms with van der Waals surface area (Å²) in [5.41, 5.74) is 7.79. The van der Waals surface area contributed by atoms with E-state index in [1.807, 2.05) is 0 Å². The molecule has 4 saturated carbocycles. The molecule has 108 valence electrons. The van der Waals surface area contributed by atoms with Gasteiger partial charge in [-0.3, -0.25) is 0 Å². The standard InChI is InChI=1S/C17H30N2/c1-19-5-2-3-17(18,4-6-19)16-10-13-7-14(11-16)9-15(8-13)12-16/h13-15H,2-12,18H2,1H3. The second-order valence-corrected chi connectivity index (χ2v) is 8.51. The minimum atomic E-state index is 0.160. The number of nitrogens with two attached hydrogens (primary N) is 1. The lowest BCUT2D eigenvalue weighted by molar-refractivity contribution is -0.101. The molecular formula is C17H30N2. The first-order chi connectivity index (χ1) is 9.09. The summed E-state index contributed by atoms with van der Waals surface area (Å²) in [5, 5.41) is 0. The molecule has 0 amide bonds. The molecule has 0 aromatic rings. The number of hydrogen-bond donors (Lipinski definition) is 1. The van der Waals surface area contributed by atoms with E-state index in [2.05, 4.69) is 11.9 Å². The quantitative estimate of drug-likeness (QED) is 0.787. The lowest BCUT2D eigenvalue weighted by Gasteiger charge is -2.63. The number of nitrogens with zero attached hydrogens (tertiary/aromatic N) is 1. The van der Waals surface area contributed by atoms with Gasteiger partial charge >= 0.3 is 0 Å². The third-order valence-electron chi connectivity index (χ3n) is 7.20. The van der Waals surface area contributed by atoms with E-state index in [1.54, 1.807) is 0 Å². The van der Waals surface area contributed by atoms with Crippen molar-refractivity contribution >= 4 is 0 Å². The molecule has 4 bridgehead atoms. The normalized spacial score (nSPS) is 54.3. The van der Waals surface area contributed by atoms with E-state index in [0.29, 0.717) is 5.41 Å². The molecule has 2 heteroatoms. The molecule has 1 atom stereocenters. The van der Waals surface area contributed by atoms with Crippen molar-refractivity contribution in [3.05, 3.63) is 0 Å². The summed E-state index contributed by atoms with van der Waals surface area (Å²) in [4.78, 5) is 2.50. The van der Waals surface area contributed by atoms with Crippen LogP contribution in [0.2, 0.25) is 0 Å². The molecule has 1 unspecified atom stereocenters. The lowest BCUT2D eigenvalue weighted by Crippen LogP contribution is -2.62. The molecular weight excluding hydrogens is 232 g/mol. The molecule has 2 N–H and O–H groups in total. The summed E-state index contributed by atoms with van der Waals surface area (Å²) in [7, 11) is 2.27. The van der Waals surface area contributed by atoms with Crippen molar-refractivity contribution < 1.29 is 0 Å². The van der Waals surface area contributed by atoms with Crippen LogP contribution >= 0.6 is 0 Å². The van der Waals surface area contributed by atoms with Gasteiger partial charge in [0.05, 0.1) is 0 Å². The van der Waals surface area contributed by atoms with Gasteiger partial charge < -0.3 is 10.6 Å². The molecule has 1 saturated heterocycles. The zero-order valence-electron chi connectivity index (χ0n) is 12.5. The van der Waals surface area contributed by atoms with Crippen molar-refractivity contribution in [2.75, 3.05) is 20.1 Å². The van der Waals surface area contributed by atoms with Crippen molar-refractivity contribution in [1.29, 1.82) is 0 Å². The molecule has 2 nitrogen and oxygen atoms in total. The second-order valence-electron chi connectivity index (χ2n) is 8.51. The van der Waals surface area contributed by atoms with Crippen LogP contribution < -0.4 is 5.73 Å². The van der Waals surface area contributed by atoms with Crippen LogP contribution in [0.5, 0.6) is 0 Å². The Morgan fingerprint density at radius 1 is 0.895 bits per heavy atom. The van der Waals surface area contributed by atoms with E-state index in [1.165, 1.54) is 70.9 Å². The number of hydrogen-bond acceptors (Lipinski definition) is 2. The molecule has 1 heterocycles. The summed E-state index contributed by atoms with van der Waals surface area (Å²) in [6.45, 7) is 2.48. The van der Waals surface area contributed by atoms with Crippen molar-refractivity contribution in [2.24, 2.45) is 28.9 Å². The van der Waals surface area contributed by atoms with Crippen LogP contribution in [0.15, 0.2) is 0 Å². The summed E-state index contributed by atoms with van der Waals surface area (Å²) in [5.74, 6) is 3.10. The Hall–Kier alpha value is -0.0800. The van der Waals surface area contributed by atoms with Gasteiger partial charge in [0.2, 0.25) is 0 Å². The van der Waals surface area contributed by atoms with Crippen molar-refractivity contribution in [3.8, 4) is 0 Å². The fourth-order valence-electron chi connectivity index (χ4n) is 6.54. The Kier molecular flexibility index (Phi) is 2.80. The van der Waals surface area contributed by atoms with Crippen LogP contribution in [0, 0.1) is 23.2 Å². The summed E-state index contributed by atoms with van der Waals surface area (Å²) in [6, 6.07) is 0. The van der Waals surface area contributed by atoms with Crippen LogP contribution in [0.4, 0.5) is 0 Å².